The SMILES string of the molecule is O=C(CCNC(=O)OCc1ccccc1)NC(CCCOON1C(=O)CCC1=O)(CCC(=O)ON1C(=O)CCC1=O)CCC(=O)ON1C(=O)CCC1=O. The summed E-state index contributed by atoms with van der Waals surface area (Å²) in [7, 11) is 0. The number of hydroxylamine groups is 6. The molecular weight excluding hydrogens is 706 g/mol. The molecule has 20 nitrogen and oxygen atoms in total. The molecule has 0 aromatic heterocycles. The fourth-order valence-electron chi connectivity index (χ4n) is 5.46. The van der Waals surface area contributed by atoms with E-state index in [4.69, 9.17) is 24.3 Å². The first-order valence-electron chi connectivity index (χ1n) is 16.9. The maximum atomic E-state index is 13.3. The number of hydrogen-bond acceptors (Lipinski definition) is 15. The molecule has 4 rings (SSSR count). The molecule has 0 aliphatic carbocycles. The number of nitrogens with zero attached hydrogens (tertiary/aromatic N) is 3. The van der Waals surface area contributed by atoms with E-state index in [0.717, 1.165) is 5.56 Å². The fraction of sp³-hybridized carbons (Fsp3) is 0.515. The average molecular weight is 746 g/mol. The number of amides is 8. The fourth-order valence-corrected chi connectivity index (χ4v) is 5.46. The van der Waals surface area contributed by atoms with Crippen LogP contribution in [-0.4, -0.2) is 93.3 Å². The Bertz CT molecular complexity index is 1500. The minimum Gasteiger partial charge on any atom is -0.445 e. The smallest absolute Gasteiger partial charge is 0.407 e. The first-order valence-corrected chi connectivity index (χ1v) is 16.9. The quantitative estimate of drug-likeness (QED) is 0.0808. The summed E-state index contributed by atoms with van der Waals surface area (Å²) in [4.78, 5) is 143. The molecule has 20 heteroatoms. The highest BCUT2D eigenvalue weighted by Crippen LogP contribution is 2.28. The number of hydrogen-bond donors (Lipinski definition) is 2. The van der Waals surface area contributed by atoms with Crippen molar-refractivity contribution in [2.75, 3.05) is 13.2 Å². The lowest BCUT2D eigenvalue weighted by atomic mass is 9.83. The van der Waals surface area contributed by atoms with Gasteiger partial charge >= 0.3 is 18.0 Å². The van der Waals surface area contributed by atoms with Crippen LogP contribution in [0.25, 0.3) is 0 Å². The number of imide groups is 3. The van der Waals surface area contributed by atoms with Crippen molar-refractivity contribution in [3.05, 3.63) is 35.9 Å². The molecule has 3 heterocycles. The number of carbonyl (C=O) groups excluding carboxylic acids is 10. The van der Waals surface area contributed by atoms with Crippen LogP contribution in [0.4, 0.5) is 4.79 Å². The molecule has 1 aromatic rings. The van der Waals surface area contributed by atoms with Gasteiger partial charge in [0.25, 0.3) is 35.4 Å². The maximum absolute atomic E-state index is 13.3. The van der Waals surface area contributed by atoms with Crippen molar-refractivity contribution in [2.24, 2.45) is 0 Å². The van der Waals surface area contributed by atoms with Crippen LogP contribution in [-0.2, 0) is 74.0 Å². The number of carbonyl (C=O) groups is 10. The van der Waals surface area contributed by atoms with E-state index in [9.17, 15) is 47.9 Å². The Kier molecular flexibility index (Phi) is 14.5. The predicted octanol–water partition coefficient (Wildman–Crippen LogP) is 0.725. The van der Waals surface area contributed by atoms with Crippen molar-refractivity contribution in [3.8, 4) is 0 Å². The van der Waals surface area contributed by atoms with Crippen LogP contribution in [0.2, 0.25) is 0 Å². The van der Waals surface area contributed by atoms with Crippen molar-refractivity contribution in [1.82, 2.24) is 25.8 Å². The third-order valence-electron chi connectivity index (χ3n) is 8.27. The second-order valence-corrected chi connectivity index (χ2v) is 12.2. The molecule has 3 fully saturated rings. The summed E-state index contributed by atoms with van der Waals surface area (Å²) in [5.74, 6) is -6.69. The lowest BCUT2D eigenvalue weighted by Crippen LogP contribution is -2.50. The topological polar surface area (TPSA) is 251 Å². The maximum Gasteiger partial charge on any atom is 0.407 e. The molecule has 0 saturated carbocycles. The second kappa shape index (κ2) is 19.2. The van der Waals surface area contributed by atoms with Crippen molar-refractivity contribution in [3.63, 3.8) is 0 Å². The van der Waals surface area contributed by atoms with E-state index in [2.05, 4.69) is 10.6 Å². The third-order valence-corrected chi connectivity index (χ3v) is 8.27. The zero-order valence-electron chi connectivity index (χ0n) is 28.7. The average Bonchev–Trinajstić information content (AvgIpc) is 3.75. The van der Waals surface area contributed by atoms with Crippen LogP contribution < -0.4 is 10.6 Å². The summed E-state index contributed by atoms with van der Waals surface area (Å²) in [5.41, 5.74) is -0.712. The minimum absolute atomic E-state index is 0.0106. The Morgan fingerprint density at radius 2 is 1.13 bits per heavy atom. The van der Waals surface area contributed by atoms with Gasteiger partial charge in [-0.15, -0.1) is 20.2 Å². The van der Waals surface area contributed by atoms with E-state index < -0.39 is 77.8 Å². The Balaban J connectivity index is 1.42. The zero-order chi connectivity index (χ0) is 38.4. The largest absolute Gasteiger partial charge is 0.445 e. The third kappa shape index (κ3) is 12.2. The van der Waals surface area contributed by atoms with Crippen LogP contribution in [0, 0.1) is 0 Å². The van der Waals surface area contributed by atoms with E-state index in [0.29, 0.717) is 15.2 Å². The van der Waals surface area contributed by atoms with Crippen LogP contribution in [0.1, 0.15) is 89.0 Å². The van der Waals surface area contributed by atoms with E-state index in [1.807, 2.05) is 0 Å². The molecule has 3 aliphatic rings. The molecule has 53 heavy (non-hydrogen) atoms. The van der Waals surface area contributed by atoms with Crippen LogP contribution in [0.3, 0.4) is 0 Å². The Labute approximate surface area is 302 Å². The van der Waals surface area contributed by atoms with E-state index in [1.54, 1.807) is 30.3 Å². The summed E-state index contributed by atoms with van der Waals surface area (Å²) < 4.78 is 5.15. The molecule has 8 amide bonds. The number of nitrogens with one attached hydrogen (secondary N) is 2. The monoisotopic (exact) mass is 745 g/mol. The van der Waals surface area contributed by atoms with E-state index in [1.165, 1.54) is 0 Å². The highest BCUT2D eigenvalue weighted by atomic mass is 17.3. The molecule has 1 aromatic carbocycles. The number of ether oxygens (including phenoxy) is 1. The van der Waals surface area contributed by atoms with Crippen molar-refractivity contribution >= 4 is 59.4 Å². The zero-order valence-corrected chi connectivity index (χ0v) is 28.7. The summed E-state index contributed by atoms with van der Waals surface area (Å²) in [6.07, 6.45) is -3.16. The molecule has 286 valence electrons. The van der Waals surface area contributed by atoms with Gasteiger partial charge in [-0.2, -0.15) is 0 Å². The normalized spacial score (nSPS) is 16.0. The van der Waals surface area contributed by atoms with Crippen LogP contribution in [0.15, 0.2) is 30.3 Å². The van der Waals surface area contributed by atoms with Gasteiger partial charge in [-0.1, -0.05) is 30.3 Å². The standard InChI is InChI=1S/C33H39N5O15/c39-23(15-19-34-32(48)49-21-22-5-2-1-3-6-22)35-33(16-4-20-50-53-38-28(44)11-12-29(38)45,17-13-30(46)51-36-24(40)7-8-25(36)41)18-14-31(47)52-37-26(42)9-10-27(37)43/h1-3,5-6H,4,7-21H2,(H,34,48)(H,35,39). The number of benzene rings is 1. The number of rotatable bonds is 20. The minimum atomic E-state index is -1.45. The molecular formula is C33H39N5O15. The Morgan fingerprint density at radius 1 is 0.642 bits per heavy atom. The Morgan fingerprint density at radius 3 is 1.64 bits per heavy atom. The predicted molar refractivity (Wildman–Crippen MR) is 170 cm³/mol. The first kappa shape index (κ1) is 40.0. The molecule has 2 N–H and O–H groups in total. The first-order chi connectivity index (χ1) is 25.4. The van der Waals surface area contributed by atoms with Gasteiger partial charge in [0, 0.05) is 57.0 Å². The molecule has 0 unspecified atom stereocenters. The van der Waals surface area contributed by atoms with Gasteiger partial charge < -0.3 is 25.0 Å². The number of alkyl carbamates (subject to hydrolysis) is 1. The van der Waals surface area contributed by atoms with Gasteiger partial charge in [0.2, 0.25) is 5.91 Å². The summed E-state index contributed by atoms with van der Waals surface area (Å²) >= 11 is 0. The van der Waals surface area contributed by atoms with Gasteiger partial charge in [-0.05, 0) is 31.2 Å². The van der Waals surface area contributed by atoms with Gasteiger partial charge in [0.1, 0.15) is 6.61 Å². The van der Waals surface area contributed by atoms with Gasteiger partial charge in [-0.3, -0.25) is 33.6 Å². The summed E-state index contributed by atoms with van der Waals surface area (Å²) in [6.45, 7) is -0.429. The van der Waals surface area contributed by atoms with Gasteiger partial charge in [0.15, 0.2) is 0 Å². The highest BCUT2D eigenvalue weighted by molar-refractivity contribution is 6.02. The van der Waals surface area contributed by atoms with E-state index in [-0.39, 0.29) is 90.4 Å². The lowest BCUT2D eigenvalue weighted by molar-refractivity contribution is -0.393. The molecule has 0 spiro atoms. The summed E-state index contributed by atoms with van der Waals surface area (Å²) in [5, 5.41) is 6.43. The van der Waals surface area contributed by atoms with Crippen molar-refractivity contribution in [1.29, 1.82) is 0 Å². The van der Waals surface area contributed by atoms with Gasteiger partial charge in [-0.25, -0.2) is 19.3 Å². The second-order valence-electron chi connectivity index (χ2n) is 12.2. The van der Waals surface area contributed by atoms with E-state index >= 15 is 0 Å². The lowest BCUT2D eigenvalue weighted by Gasteiger charge is -2.35. The molecule has 3 aliphatic heterocycles. The van der Waals surface area contributed by atoms with Crippen LogP contribution >= 0.6 is 0 Å². The Hall–Kier alpha value is -5.76. The van der Waals surface area contributed by atoms with Crippen molar-refractivity contribution in [2.45, 2.75) is 95.6 Å². The molecule has 3 saturated heterocycles. The molecule has 0 radical (unpaired) electrons. The molecule has 0 atom stereocenters. The highest BCUT2D eigenvalue weighted by Gasteiger charge is 2.38. The van der Waals surface area contributed by atoms with Crippen LogP contribution in [0.5, 0.6) is 0 Å². The summed E-state index contributed by atoms with van der Waals surface area (Å²) in [6, 6.07) is 8.88. The van der Waals surface area contributed by atoms with Crippen molar-refractivity contribution < 1.29 is 72.2 Å². The van der Waals surface area contributed by atoms with Gasteiger partial charge in [0.05, 0.1) is 19.4 Å². The molecule has 0 bridgehead atoms.